The Morgan fingerprint density at radius 2 is 1.19 bits per heavy atom. The molecule has 0 bridgehead atoms. The van der Waals surface area contributed by atoms with Gasteiger partial charge in [-0.05, 0) is 12.1 Å². The van der Waals surface area contributed by atoms with Crippen LogP contribution in [-0.4, -0.2) is 17.2 Å². The average molecular weight is 484 g/mol. The van der Waals surface area contributed by atoms with Crippen molar-refractivity contribution in [2.45, 2.75) is 13.2 Å². The van der Waals surface area contributed by atoms with Crippen molar-refractivity contribution >= 4 is 81.8 Å². The van der Waals surface area contributed by atoms with E-state index in [0.717, 1.165) is 0 Å². The molecule has 0 spiro atoms. The highest BCUT2D eigenvalue weighted by Crippen LogP contribution is 2.16. The highest BCUT2D eigenvalue weighted by Gasteiger charge is 2.10. The third kappa shape index (κ3) is 9.02. The lowest BCUT2D eigenvalue weighted by atomic mass is 10.3. The van der Waals surface area contributed by atoms with Gasteiger partial charge in [0.25, 0.3) is 0 Å². The molecule has 1 heterocycles. The minimum atomic E-state index is -0.879. The van der Waals surface area contributed by atoms with E-state index < -0.39 is 12.2 Å². The molecule has 0 aliphatic carbocycles. The van der Waals surface area contributed by atoms with E-state index in [4.69, 9.17) is 79.1 Å². The van der Waals surface area contributed by atoms with Gasteiger partial charge in [-0.3, -0.25) is 15.6 Å². The fourth-order valence-corrected chi connectivity index (χ4v) is 1.66. The number of rotatable bonds is 6. The Morgan fingerprint density at radius 3 is 1.54 bits per heavy atom. The van der Waals surface area contributed by atoms with Crippen molar-refractivity contribution in [1.29, 1.82) is 0 Å². The summed E-state index contributed by atoms with van der Waals surface area (Å²) in [5, 5.41) is 3.67. The van der Waals surface area contributed by atoms with Crippen molar-refractivity contribution in [3.63, 3.8) is 0 Å². The van der Waals surface area contributed by atoms with Gasteiger partial charge in [0.1, 0.15) is 32.5 Å². The Morgan fingerprint density at radius 1 is 0.808 bits per heavy atom. The number of carbonyl (C=O) groups is 2. The first-order valence-electron chi connectivity index (χ1n) is 6.43. The Hall–Kier alpha value is -1.09. The smallest absolute Gasteiger partial charge is 0.412 e. The van der Waals surface area contributed by atoms with E-state index in [1.807, 2.05) is 0 Å². The summed E-state index contributed by atoms with van der Waals surface area (Å²) in [6.45, 7) is -0.348. The zero-order valence-electron chi connectivity index (χ0n) is 12.5. The van der Waals surface area contributed by atoms with Crippen LogP contribution in [0, 0.1) is 0 Å². The summed E-state index contributed by atoms with van der Waals surface area (Å²) >= 11 is 32.6. The SMILES string of the molecule is O=C(NC(Cl)=C(Cl)Cl)OCc1cccc(COC(=O)NC(Cl)=C(Cl)Cl)n1. The van der Waals surface area contributed by atoms with Crippen molar-refractivity contribution in [1.82, 2.24) is 15.6 Å². The van der Waals surface area contributed by atoms with Crippen LogP contribution in [0.15, 0.2) is 37.5 Å². The number of carbonyl (C=O) groups excluding carboxylic acids is 2. The standard InChI is InChI=1S/C13H9Cl6N3O4/c14-8(15)10(18)21-12(23)25-4-6-2-1-3-7(20-6)5-26-13(24)22-11(19)9(16)17/h1-3H,4-5H2,(H,21,23)(H,22,24). The predicted octanol–water partition coefficient (Wildman–Crippen LogP) is 5.22. The number of alkyl carbamates (subject to hydrolysis) is 2. The van der Waals surface area contributed by atoms with Gasteiger partial charge in [0.2, 0.25) is 0 Å². The van der Waals surface area contributed by atoms with Gasteiger partial charge in [0.05, 0.1) is 11.4 Å². The molecule has 13 heteroatoms. The van der Waals surface area contributed by atoms with Crippen LogP contribution in [-0.2, 0) is 22.7 Å². The molecule has 2 amide bonds. The predicted molar refractivity (Wildman–Crippen MR) is 100 cm³/mol. The lowest BCUT2D eigenvalue weighted by Gasteiger charge is -2.08. The van der Waals surface area contributed by atoms with Crippen molar-refractivity contribution in [2.75, 3.05) is 0 Å². The van der Waals surface area contributed by atoms with E-state index in [1.165, 1.54) is 0 Å². The fraction of sp³-hybridized carbons (Fsp3) is 0.154. The maximum Gasteiger partial charge on any atom is 0.412 e. The monoisotopic (exact) mass is 481 g/mol. The number of hydrogen-bond acceptors (Lipinski definition) is 5. The zero-order valence-corrected chi connectivity index (χ0v) is 17.0. The van der Waals surface area contributed by atoms with Crippen LogP contribution in [0.5, 0.6) is 0 Å². The zero-order chi connectivity index (χ0) is 19.7. The second-order valence-electron chi connectivity index (χ2n) is 4.17. The highest BCUT2D eigenvalue weighted by molar-refractivity contribution is 6.59. The second kappa shape index (κ2) is 11.6. The Labute approximate surface area is 178 Å². The molecule has 0 saturated heterocycles. The fourth-order valence-electron chi connectivity index (χ4n) is 1.31. The quantitative estimate of drug-likeness (QED) is 0.541. The Bertz CT molecular complexity index is 675. The van der Waals surface area contributed by atoms with Crippen LogP contribution in [0.25, 0.3) is 0 Å². The van der Waals surface area contributed by atoms with Gasteiger partial charge < -0.3 is 9.47 Å². The molecular formula is C13H9Cl6N3O4. The average Bonchev–Trinajstić information content (AvgIpc) is 2.58. The summed E-state index contributed by atoms with van der Waals surface area (Å²) in [7, 11) is 0. The molecule has 0 radical (unpaired) electrons. The maximum absolute atomic E-state index is 11.5. The molecular weight excluding hydrogens is 475 g/mol. The molecule has 0 unspecified atom stereocenters. The van der Waals surface area contributed by atoms with Crippen LogP contribution in [0.2, 0.25) is 0 Å². The van der Waals surface area contributed by atoms with Gasteiger partial charge in [0, 0.05) is 0 Å². The Kier molecular flexibility index (Phi) is 10.2. The third-order valence-corrected chi connectivity index (χ3v) is 4.03. The first-order chi connectivity index (χ1) is 12.2. The van der Waals surface area contributed by atoms with Gasteiger partial charge >= 0.3 is 12.2 Å². The number of pyridine rings is 1. The number of halogens is 6. The van der Waals surface area contributed by atoms with E-state index >= 15 is 0 Å². The molecule has 1 rings (SSSR count). The summed E-state index contributed by atoms with van der Waals surface area (Å²) < 4.78 is 9.14. The topological polar surface area (TPSA) is 89.5 Å². The van der Waals surface area contributed by atoms with Crippen molar-refractivity contribution < 1.29 is 19.1 Å². The van der Waals surface area contributed by atoms with E-state index in [1.54, 1.807) is 18.2 Å². The maximum atomic E-state index is 11.5. The third-order valence-electron chi connectivity index (χ3n) is 2.32. The van der Waals surface area contributed by atoms with E-state index in [2.05, 4.69) is 15.6 Å². The number of amides is 2. The van der Waals surface area contributed by atoms with Gasteiger partial charge in [-0.1, -0.05) is 75.7 Å². The molecule has 7 nitrogen and oxygen atoms in total. The van der Waals surface area contributed by atoms with Gasteiger partial charge in [0.15, 0.2) is 0 Å². The lowest BCUT2D eigenvalue weighted by molar-refractivity contribution is 0.139. The summed E-state index contributed by atoms with van der Waals surface area (Å²) in [6.07, 6.45) is -1.76. The van der Waals surface area contributed by atoms with Crippen LogP contribution >= 0.6 is 69.6 Å². The minimum absolute atomic E-state index is 0.174. The summed E-state index contributed by atoms with van der Waals surface area (Å²) in [4.78, 5) is 27.1. The molecule has 2 N–H and O–H groups in total. The molecule has 0 atom stereocenters. The van der Waals surface area contributed by atoms with Crippen molar-refractivity contribution in [3.8, 4) is 0 Å². The number of hydrogen-bond donors (Lipinski definition) is 2. The normalized spacial score (nSPS) is 9.77. The van der Waals surface area contributed by atoms with Crippen LogP contribution in [0.1, 0.15) is 11.4 Å². The molecule has 0 aliphatic heterocycles. The molecule has 0 saturated carbocycles. The highest BCUT2D eigenvalue weighted by atomic mass is 35.5. The molecule has 0 aliphatic rings. The molecule has 0 aromatic carbocycles. The summed E-state index contributed by atoms with van der Waals surface area (Å²) in [5.41, 5.74) is 0.779. The Balaban J connectivity index is 2.53. The molecule has 26 heavy (non-hydrogen) atoms. The molecule has 1 aromatic heterocycles. The number of nitrogens with zero attached hydrogens (tertiary/aromatic N) is 1. The molecule has 0 fully saturated rings. The van der Waals surface area contributed by atoms with E-state index in [9.17, 15) is 9.59 Å². The molecule has 1 aromatic rings. The van der Waals surface area contributed by atoms with E-state index in [0.29, 0.717) is 11.4 Å². The minimum Gasteiger partial charge on any atom is -0.443 e. The van der Waals surface area contributed by atoms with Crippen LogP contribution < -0.4 is 10.6 Å². The molecule has 142 valence electrons. The number of ether oxygens (including phenoxy) is 2. The number of nitrogens with one attached hydrogen (secondary N) is 2. The summed E-state index contributed by atoms with van der Waals surface area (Å²) in [5.74, 6) is 0. The van der Waals surface area contributed by atoms with Gasteiger partial charge in [-0.2, -0.15) is 0 Å². The lowest BCUT2D eigenvalue weighted by Crippen LogP contribution is -2.22. The second-order valence-corrected chi connectivity index (χ2v) is 6.83. The summed E-state index contributed by atoms with van der Waals surface area (Å²) in [6, 6.07) is 4.82. The van der Waals surface area contributed by atoms with Crippen LogP contribution in [0.3, 0.4) is 0 Å². The van der Waals surface area contributed by atoms with Crippen molar-refractivity contribution in [2.24, 2.45) is 0 Å². The van der Waals surface area contributed by atoms with Crippen molar-refractivity contribution in [3.05, 3.63) is 48.9 Å². The van der Waals surface area contributed by atoms with Gasteiger partial charge in [-0.15, -0.1) is 0 Å². The van der Waals surface area contributed by atoms with Gasteiger partial charge in [-0.25, -0.2) is 9.59 Å². The number of aromatic nitrogens is 1. The first-order valence-corrected chi connectivity index (χ1v) is 8.69. The largest absolute Gasteiger partial charge is 0.443 e. The van der Waals surface area contributed by atoms with E-state index in [-0.39, 0.29) is 32.5 Å². The first kappa shape index (κ1) is 23.0. The van der Waals surface area contributed by atoms with Crippen LogP contribution in [0.4, 0.5) is 9.59 Å².